The van der Waals surface area contributed by atoms with E-state index in [0.717, 1.165) is 0 Å². The molecule has 1 aromatic rings. The molecule has 1 saturated heterocycles. The average molecular weight is 232 g/mol. The fourth-order valence-electron chi connectivity index (χ4n) is 2.92. The van der Waals surface area contributed by atoms with E-state index in [2.05, 4.69) is 49.9 Å². The van der Waals surface area contributed by atoms with Crippen molar-refractivity contribution in [3.63, 3.8) is 0 Å². The minimum Gasteiger partial charge on any atom is -0.368 e. The number of para-hydroxylation sites is 1. The van der Waals surface area contributed by atoms with E-state index in [0.29, 0.717) is 12.0 Å². The van der Waals surface area contributed by atoms with Crippen LogP contribution >= 0.6 is 0 Å². The van der Waals surface area contributed by atoms with Gasteiger partial charge in [-0.1, -0.05) is 32.0 Å². The molecule has 1 aliphatic heterocycles. The molecule has 2 N–H and O–H groups in total. The van der Waals surface area contributed by atoms with E-state index >= 15 is 0 Å². The molecule has 0 aliphatic carbocycles. The van der Waals surface area contributed by atoms with Gasteiger partial charge in [0.1, 0.15) is 0 Å². The third-order valence-electron chi connectivity index (χ3n) is 3.81. The van der Waals surface area contributed by atoms with Gasteiger partial charge in [-0.25, -0.2) is 0 Å². The van der Waals surface area contributed by atoms with E-state index in [1.54, 1.807) is 0 Å². The van der Waals surface area contributed by atoms with Crippen LogP contribution in [0.2, 0.25) is 0 Å². The fraction of sp³-hybridized carbons (Fsp3) is 0.600. The number of rotatable bonds is 3. The smallest absolute Gasteiger partial charge is 0.0417 e. The minimum atomic E-state index is 0.111. The lowest BCUT2D eigenvalue weighted by Crippen LogP contribution is -2.34. The Morgan fingerprint density at radius 3 is 2.59 bits per heavy atom. The fourth-order valence-corrected chi connectivity index (χ4v) is 2.92. The van der Waals surface area contributed by atoms with Gasteiger partial charge in [0.2, 0.25) is 0 Å². The summed E-state index contributed by atoms with van der Waals surface area (Å²) in [4.78, 5) is 2.56. The Bertz CT molecular complexity index is 371. The van der Waals surface area contributed by atoms with Gasteiger partial charge in [0, 0.05) is 24.3 Å². The number of hydrogen-bond donors (Lipinski definition) is 1. The zero-order valence-electron chi connectivity index (χ0n) is 11.2. The summed E-state index contributed by atoms with van der Waals surface area (Å²) in [6, 6.07) is 9.38. The molecule has 0 bridgehead atoms. The number of anilines is 1. The maximum atomic E-state index is 6.08. The highest BCUT2D eigenvalue weighted by Crippen LogP contribution is 2.33. The van der Waals surface area contributed by atoms with E-state index in [-0.39, 0.29) is 6.04 Å². The molecule has 2 rings (SSSR count). The Morgan fingerprint density at radius 1 is 1.24 bits per heavy atom. The van der Waals surface area contributed by atoms with Crippen LogP contribution in [0.5, 0.6) is 0 Å². The predicted octanol–water partition coefficient (Wildman–Crippen LogP) is 3.33. The largest absolute Gasteiger partial charge is 0.368 e. The quantitative estimate of drug-likeness (QED) is 0.866. The molecular weight excluding hydrogens is 208 g/mol. The van der Waals surface area contributed by atoms with E-state index in [4.69, 9.17) is 5.73 Å². The second-order valence-corrected chi connectivity index (χ2v) is 5.49. The zero-order chi connectivity index (χ0) is 12.4. The molecule has 2 nitrogen and oxygen atoms in total. The van der Waals surface area contributed by atoms with Crippen molar-refractivity contribution in [3.05, 3.63) is 29.8 Å². The Morgan fingerprint density at radius 2 is 1.94 bits per heavy atom. The van der Waals surface area contributed by atoms with Crippen LogP contribution in [0.1, 0.15) is 45.2 Å². The number of hydrogen-bond acceptors (Lipinski definition) is 2. The van der Waals surface area contributed by atoms with Crippen molar-refractivity contribution in [1.82, 2.24) is 0 Å². The standard InChI is InChI=1S/C15H24N2/c1-11(2)14-9-6-10-17(14)15-8-5-4-7-13(15)12(3)16/h4-5,7-8,11-12,14H,6,9-10,16H2,1-3H3/t12-,14?/m1/s1. The summed E-state index contributed by atoms with van der Waals surface area (Å²) >= 11 is 0. The molecule has 1 heterocycles. The lowest BCUT2D eigenvalue weighted by molar-refractivity contribution is 0.490. The third kappa shape index (κ3) is 2.47. The zero-order valence-corrected chi connectivity index (χ0v) is 11.2. The van der Waals surface area contributed by atoms with Crippen molar-refractivity contribution in [2.24, 2.45) is 11.7 Å². The van der Waals surface area contributed by atoms with Crippen LogP contribution in [0.15, 0.2) is 24.3 Å². The van der Waals surface area contributed by atoms with Crippen LogP contribution in [-0.2, 0) is 0 Å². The monoisotopic (exact) mass is 232 g/mol. The molecule has 0 saturated carbocycles. The summed E-state index contributed by atoms with van der Waals surface area (Å²) in [6.45, 7) is 7.88. The highest BCUT2D eigenvalue weighted by atomic mass is 15.2. The maximum absolute atomic E-state index is 6.08. The van der Waals surface area contributed by atoms with Gasteiger partial charge >= 0.3 is 0 Å². The van der Waals surface area contributed by atoms with E-state index < -0.39 is 0 Å². The second-order valence-electron chi connectivity index (χ2n) is 5.49. The van der Waals surface area contributed by atoms with Gasteiger partial charge in [-0.3, -0.25) is 0 Å². The molecule has 1 fully saturated rings. The highest BCUT2D eigenvalue weighted by molar-refractivity contribution is 5.56. The van der Waals surface area contributed by atoms with Crippen LogP contribution in [0.3, 0.4) is 0 Å². The summed E-state index contributed by atoms with van der Waals surface area (Å²) < 4.78 is 0. The second kappa shape index (κ2) is 5.09. The van der Waals surface area contributed by atoms with Crippen molar-refractivity contribution in [1.29, 1.82) is 0 Å². The van der Waals surface area contributed by atoms with Gasteiger partial charge in [-0.15, -0.1) is 0 Å². The Hall–Kier alpha value is -1.02. The molecule has 1 aliphatic rings. The van der Waals surface area contributed by atoms with Gasteiger partial charge in [-0.05, 0) is 37.3 Å². The first-order valence-electron chi connectivity index (χ1n) is 6.72. The van der Waals surface area contributed by atoms with Crippen molar-refractivity contribution in [3.8, 4) is 0 Å². The SMILES string of the molecule is CC(C)C1CCCN1c1ccccc1[C@@H](C)N. The van der Waals surface area contributed by atoms with E-state index in [1.807, 2.05) is 0 Å². The predicted molar refractivity (Wildman–Crippen MR) is 74.3 cm³/mol. The first-order valence-corrected chi connectivity index (χ1v) is 6.72. The minimum absolute atomic E-state index is 0.111. The van der Waals surface area contributed by atoms with E-state index in [1.165, 1.54) is 30.6 Å². The Kier molecular flexibility index (Phi) is 3.72. The molecule has 1 aromatic carbocycles. The molecule has 0 spiro atoms. The lowest BCUT2D eigenvalue weighted by atomic mass is 9.99. The van der Waals surface area contributed by atoms with Gasteiger partial charge in [0.05, 0.1) is 0 Å². The first kappa shape index (κ1) is 12.4. The molecule has 0 amide bonds. The third-order valence-corrected chi connectivity index (χ3v) is 3.81. The van der Waals surface area contributed by atoms with Crippen molar-refractivity contribution in [2.45, 2.75) is 45.7 Å². The highest BCUT2D eigenvalue weighted by Gasteiger charge is 2.28. The Balaban J connectivity index is 2.33. The molecule has 1 unspecified atom stereocenters. The van der Waals surface area contributed by atoms with Crippen molar-refractivity contribution >= 4 is 5.69 Å². The van der Waals surface area contributed by atoms with Gasteiger partial charge in [0.15, 0.2) is 0 Å². The molecule has 2 heteroatoms. The van der Waals surface area contributed by atoms with Gasteiger partial charge in [-0.2, -0.15) is 0 Å². The number of benzene rings is 1. The average Bonchev–Trinajstić information content (AvgIpc) is 2.77. The van der Waals surface area contributed by atoms with Crippen LogP contribution in [0.4, 0.5) is 5.69 Å². The summed E-state index contributed by atoms with van der Waals surface area (Å²) in [7, 11) is 0. The summed E-state index contributed by atoms with van der Waals surface area (Å²) in [5.74, 6) is 0.707. The van der Waals surface area contributed by atoms with Crippen LogP contribution in [0.25, 0.3) is 0 Å². The summed E-state index contributed by atoms with van der Waals surface area (Å²) in [5, 5.41) is 0. The van der Waals surface area contributed by atoms with Gasteiger partial charge in [0.25, 0.3) is 0 Å². The molecule has 0 radical (unpaired) electrons. The van der Waals surface area contributed by atoms with Crippen LogP contribution in [0, 0.1) is 5.92 Å². The maximum Gasteiger partial charge on any atom is 0.0417 e. The van der Waals surface area contributed by atoms with Crippen LogP contribution in [-0.4, -0.2) is 12.6 Å². The van der Waals surface area contributed by atoms with Crippen molar-refractivity contribution in [2.75, 3.05) is 11.4 Å². The van der Waals surface area contributed by atoms with Gasteiger partial charge < -0.3 is 10.6 Å². The summed E-state index contributed by atoms with van der Waals surface area (Å²) in [5.41, 5.74) is 8.70. The van der Waals surface area contributed by atoms with Crippen molar-refractivity contribution < 1.29 is 0 Å². The van der Waals surface area contributed by atoms with Crippen LogP contribution < -0.4 is 10.6 Å². The molecule has 0 aromatic heterocycles. The molecule has 94 valence electrons. The number of nitrogens with two attached hydrogens (primary N) is 1. The lowest BCUT2D eigenvalue weighted by Gasteiger charge is -2.32. The Labute approximate surface area is 105 Å². The topological polar surface area (TPSA) is 29.3 Å². The molecular formula is C15H24N2. The first-order chi connectivity index (χ1) is 8.11. The normalized spacial score (nSPS) is 22.2. The summed E-state index contributed by atoms with van der Waals surface area (Å²) in [6.07, 6.45) is 2.61. The number of nitrogens with zero attached hydrogens (tertiary/aromatic N) is 1. The molecule has 17 heavy (non-hydrogen) atoms. The molecule has 2 atom stereocenters. The van der Waals surface area contributed by atoms with E-state index in [9.17, 15) is 0 Å².